The van der Waals surface area contributed by atoms with Crippen molar-refractivity contribution < 1.29 is 14.3 Å². The Hall–Kier alpha value is -1.88. The minimum Gasteiger partial charge on any atom is -0.378 e. The molecule has 0 spiro atoms. The Balaban J connectivity index is 1.80. The van der Waals surface area contributed by atoms with E-state index in [1.54, 1.807) is 4.90 Å². The summed E-state index contributed by atoms with van der Waals surface area (Å²) in [5.41, 5.74) is 2.84. The number of hydrogen-bond donors (Lipinski definition) is 0. The van der Waals surface area contributed by atoms with Crippen LogP contribution in [0.4, 0.5) is 0 Å². The Morgan fingerprint density at radius 2 is 1.67 bits per heavy atom. The molecule has 2 aliphatic rings. The van der Waals surface area contributed by atoms with E-state index in [0.717, 1.165) is 30.4 Å². The fraction of sp³-hybridized carbons (Fsp3) is 0.579. The van der Waals surface area contributed by atoms with Crippen LogP contribution in [0.15, 0.2) is 18.2 Å². The summed E-state index contributed by atoms with van der Waals surface area (Å²) < 4.78 is 5.33. The lowest BCUT2D eigenvalue weighted by Crippen LogP contribution is -2.55. The van der Waals surface area contributed by atoms with Crippen LogP contribution in [0, 0.1) is 13.8 Å². The number of aryl methyl sites for hydroxylation is 2. The van der Waals surface area contributed by atoms with Crippen molar-refractivity contribution >= 4 is 11.8 Å². The monoisotopic (exact) mass is 330 g/mol. The van der Waals surface area contributed by atoms with Crippen molar-refractivity contribution in [3.05, 3.63) is 34.9 Å². The number of carbonyl (C=O) groups excluding carboxylic acids is 2. The van der Waals surface area contributed by atoms with Gasteiger partial charge in [-0.1, -0.05) is 17.2 Å². The number of piperidine rings is 1. The Kier molecular flexibility index (Phi) is 5.19. The summed E-state index contributed by atoms with van der Waals surface area (Å²) in [6, 6.07) is 5.56. The molecule has 5 heteroatoms. The van der Waals surface area contributed by atoms with Crippen LogP contribution in [-0.2, 0) is 9.53 Å². The van der Waals surface area contributed by atoms with Gasteiger partial charge in [0.05, 0.1) is 13.2 Å². The molecule has 2 saturated heterocycles. The van der Waals surface area contributed by atoms with E-state index in [-0.39, 0.29) is 17.9 Å². The van der Waals surface area contributed by atoms with E-state index in [4.69, 9.17) is 4.74 Å². The van der Waals surface area contributed by atoms with Crippen LogP contribution >= 0.6 is 0 Å². The molecule has 0 aromatic heterocycles. The molecule has 1 unspecified atom stereocenters. The van der Waals surface area contributed by atoms with Crippen LogP contribution in [0.3, 0.4) is 0 Å². The molecule has 0 aliphatic carbocycles. The first-order valence-corrected chi connectivity index (χ1v) is 8.82. The lowest BCUT2D eigenvalue weighted by atomic mass is 9.98. The molecule has 3 rings (SSSR count). The van der Waals surface area contributed by atoms with E-state index in [0.29, 0.717) is 38.4 Å². The molecule has 2 aliphatic heterocycles. The Morgan fingerprint density at radius 3 is 2.33 bits per heavy atom. The van der Waals surface area contributed by atoms with Crippen LogP contribution in [-0.4, -0.2) is 60.5 Å². The molecular weight excluding hydrogens is 304 g/mol. The average Bonchev–Trinajstić information content (AvgIpc) is 2.60. The Bertz CT molecular complexity index is 603. The minimum absolute atomic E-state index is 0.0203. The fourth-order valence-electron chi connectivity index (χ4n) is 3.69. The highest BCUT2D eigenvalue weighted by atomic mass is 16.5. The smallest absolute Gasteiger partial charge is 0.254 e. The average molecular weight is 330 g/mol. The van der Waals surface area contributed by atoms with Crippen LogP contribution < -0.4 is 0 Å². The number of rotatable bonds is 2. The molecule has 0 radical (unpaired) electrons. The summed E-state index contributed by atoms with van der Waals surface area (Å²) in [6.45, 7) is 7.08. The topological polar surface area (TPSA) is 49.9 Å². The summed E-state index contributed by atoms with van der Waals surface area (Å²) in [4.78, 5) is 29.6. The highest BCUT2D eigenvalue weighted by Crippen LogP contribution is 2.23. The normalized spacial score (nSPS) is 21.7. The first-order chi connectivity index (χ1) is 11.6. The first-order valence-electron chi connectivity index (χ1n) is 8.82. The first kappa shape index (κ1) is 17.0. The molecule has 2 amide bonds. The third kappa shape index (κ3) is 3.61. The van der Waals surface area contributed by atoms with Crippen molar-refractivity contribution in [2.24, 2.45) is 0 Å². The molecule has 2 heterocycles. The second-order valence-corrected chi connectivity index (χ2v) is 6.82. The number of morpholine rings is 1. The van der Waals surface area contributed by atoms with Gasteiger partial charge >= 0.3 is 0 Å². The lowest BCUT2D eigenvalue weighted by Gasteiger charge is -2.38. The van der Waals surface area contributed by atoms with Crippen LogP contribution in [0.1, 0.15) is 40.7 Å². The number of likely N-dealkylation sites (tertiary alicyclic amines) is 1. The predicted octanol–water partition coefficient (Wildman–Crippen LogP) is 2.16. The highest BCUT2D eigenvalue weighted by molar-refractivity contribution is 5.98. The van der Waals surface area contributed by atoms with E-state index >= 15 is 0 Å². The maximum atomic E-state index is 13.0. The zero-order valence-electron chi connectivity index (χ0n) is 14.6. The quantitative estimate of drug-likeness (QED) is 0.835. The van der Waals surface area contributed by atoms with Gasteiger partial charge in [-0.25, -0.2) is 0 Å². The molecule has 1 atom stereocenters. The van der Waals surface area contributed by atoms with Crippen molar-refractivity contribution in [3.8, 4) is 0 Å². The van der Waals surface area contributed by atoms with Gasteiger partial charge in [-0.05, 0) is 45.2 Å². The van der Waals surface area contributed by atoms with Gasteiger partial charge in [-0.15, -0.1) is 0 Å². The number of nitrogens with zero attached hydrogens (tertiary/aromatic N) is 2. The van der Waals surface area contributed by atoms with Crippen molar-refractivity contribution in [1.82, 2.24) is 9.80 Å². The summed E-state index contributed by atoms with van der Waals surface area (Å²) in [6.07, 6.45) is 2.72. The molecule has 0 N–H and O–H groups in total. The zero-order valence-corrected chi connectivity index (χ0v) is 14.6. The van der Waals surface area contributed by atoms with E-state index < -0.39 is 0 Å². The summed E-state index contributed by atoms with van der Waals surface area (Å²) in [7, 11) is 0. The second kappa shape index (κ2) is 7.34. The van der Waals surface area contributed by atoms with Gasteiger partial charge < -0.3 is 14.5 Å². The maximum Gasteiger partial charge on any atom is 0.254 e. The van der Waals surface area contributed by atoms with Crippen molar-refractivity contribution in [2.75, 3.05) is 32.8 Å². The maximum absolute atomic E-state index is 13.0. The summed E-state index contributed by atoms with van der Waals surface area (Å²) in [5, 5.41) is 0. The molecule has 1 aromatic carbocycles. The van der Waals surface area contributed by atoms with Crippen molar-refractivity contribution in [1.29, 1.82) is 0 Å². The lowest BCUT2D eigenvalue weighted by molar-refractivity contribution is -0.141. The summed E-state index contributed by atoms with van der Waals surface area (Å²) in [5.74, 6) is 0.0591. The van der Waals surface area contributed by atoms with Gasteiger partial charge in [0.1, 0.15) is 6.04 Å². The minimum atomic E-state index is -0.329. The van der Waals surface area contributed by atoms with E-state index in [9.17, 15) is 9.59 Å². The molecule has 2 fully saturated rings. The molecule has 24 heavy (non-hydrogen) atoms. The molecular formula is C19H26N2O3. The Labute approximate surface area is 143 Å². The van der Waals surface area contributed by atoms with Gasteiger partial charge in [-0.2, -0.15) is 0 Å². The third-order valence-electron chi connectivity index (χ3n) is 4.84. The molecule has 1 aromatic rings. The van der Waals surface area contributed by atoms with Gasteiger partial charge in [0.2, 0.25) is 5.91 Å². The third-order valence-corrected chi connectivity index (χ3v) is 4.84. The number of amides is 2. The molecule has 5 nitrogen and oxygen atoms in total. The number of ether oxygens (including phenoxy) is 1. The van der Waals surface area contributed by atoms with Gasteiger partial charge in [-0.3, -0.25) is 9.59 Å². The Morgan fingerprint density at radius 1 is 1.00 bits per heavy atom. The zero-order chi connectivity index (χ0) is 17.1. The van der Waals surface area contributed by atoms with E-state index in [1.165, 1.54) is 0 Å². The predicted molar refractivity (Wildman–Crippen MR) is 92.0 cm³/mol. The summed E-state index contributed by atoms with van der Waals surface area (Å²) >= 11 is 0. The fourth-order valence-corrected chi connectivity index (χ4v) is 3.69. The molecule has 130 valence electrons. The standard InChI is InChI=1S/C19H26N2O3/c1-14-11-15(2)13-16(12-14)18(22)21-6-4-3-5-17(21)19(23)20-7-9-24-10-8-20/h11-13,17H,3-10H2,1-2H3. The number of hydrogen-bond acceptors (Lipinski definition) is 3. The highest BCUT2D eigenvalue weighted by Gasteiger charge is 2.35. The van der Waals surface area contributed by atoms with Gasteiger partial charge in [0, 0.05) is 25.2 Å². The number of carbonyl (C=O) groups is 2. The van der Waals surface area contributed by atoms with Crippen LogP contribution in [0.25, 0.3) is 0 Å². The van der Waals surface area contributed by atoms with Gasteiger partial charge in [0.25, 0.3) is 5.91 Å². The van der Waals surface area contributed by atoms with E-state index in [2.05, 4.69) is 6.07 Å². The van der Waals surface area contributed by atoms with Crippen molar-refractivity contribution in [3.63, 3.8) is 0 Å². The number of benzene rings is 1. The van der Waals surface area contributed by atoms with Crippen molar-refractivity contribution in [2.45, 2.75) is 39.2 Å². The largest absolute Gasteiger partial charge is 0.378 e. The van der Waals surface area contributed by atoms with Crippen LogP contribution in [0.5, 0.6) is 0 Å². The second-order valence-electron chi connectivity index (χ2n) is 6.82. The molecule has 0 saturated carbocycles. The van der Waals surface area contributed by atoms with E-state index in [1.807, 2.05) is 30.9 Å². The SMILES string of the molecule is Cc1cc(C)cc(C(=O)N2CCCCC2C(=O)N2CCOCC2)c1. The van der Waals surface area contributed by atoms with Crippen LogP contribution in [0.2, 0.25) is 0 Å². The molecule has 0 bridgehead atoms. The van der Waals surface area contributed by atoms with Gasteiger partial charge in [0.15, 0.2) is 0 Å².